The summed E-state index contributed by atoms with van der Waals surface area (Å²) in [5.74, 6) is 1.33. The molecular formula is C26H31N3O2S. The minimum Gasteiger partial charge on any atom is -0.496 e. The monoisotopic (exact) mass is 449 g/mol. The van der Waals surface area contributed by atoms with E-state index in [4.69, 9.17) is 9.72 Å². The molecular weight excluding hydrogens is 418 g/mol. The molecule has 0 unspecified atom stereocenters. The van der Waals surface area contributed by atoms with E-state index in [2.05, 4.69) is 48.1 Å². The van der Waals surface area contributed by atoms with Crippen LogP contribution in [0.1, 0.15) is 56.4 Å². The highest BCUT2D eigenvalue weighted by atomic mass is 32.1. The molecule has 0 bridgehead atoms. The van der Waals surface area contributed by atoms with Crippen LogP contribution in [0.15, 0.2) is 35.2 Å². The van der Waals surface area contributed by atoms with E-state index in [9.17, 15) is 4.79 Å². The van der Waals surface area contributed by atoms with Crippen molar-refractivity contribution in [3.05, 3.63) is 52.2 Å². The maximum atomic E-state index is 13.5. The number of hydrogen-bond acceptors (Lipinski definition) is 4. The molecule has 1 aliphatic heterocycles. The number of hydrogen-bond donors (Lipinski definition) is 0. The van der Waals surface area contributed by atoms with Crippen LogP contribution in [0.25, 0.3) is 27.9 Å². The van der Waals surface area contributed by atoms with E-state index in [1.807, 2.05) is 33.9 Å². The molecule has 1 aromatic carbocycles. The van der Waals surface area contributed by atoms with Gasteiger partial charge in [0.25, 0.3) is 5.91 Å². The molecule has 32 heavy (non-hydrogen) atoms. The fourth-order valence-electron chi connectivity index (χ4n) is 4.05. The Morgan fingerprint density at radius 3 is 2.62 bits per heavy atom. The quantitative estimate of drug-likeness (QED) is 0.481. The summed E-state index contributed by atoms with van der Waals surface area (Å²) in [5, 5.41) is 2.05. The van der Waals surface area contributed by atoms with Crippen LogP contribution in [0.4, 0.5) is 0 Å². The molecule has 3 aromatic rings. The fourth-order valence-corrected chi connectivity index (χ4v) is 4.76. The van der Waals surface area contributed by atoms with Crippen molar-refractivity contribution >= 4 is 23.3 Å². The minimum atomic E-state index is -0.289. The number of aromatic nitrogens is 2. The number of rotatable bonds is 4. The Hall–Kier alpha value is -2.86. The number of fused-ring (bicyclic) bond motifs is 3. The zero-order valence-electron chi connectivity index (χ0n) is 19.9. The van der Waals surface area contributed by atoms with Gasteiger partial charge in [0.1, 0.15) is 11.4 Å². The highest BCUT2D eigenvalue weighted by Gasteiger charge is 2.33. The molecule has 5 nitrogen and oxygen atoms in total. The van der Waals surface area contributed by atoms with Gasteiger partial charge in [0.05, 0.1) is 17.7 Å². The maximum absolute atomic E-state index is 13.5. The lowest BCUT2D eigenvalue weighted by atomic mass is 9.93. The van der Waals surface area contributed by atoms with Gasteiger partial charge in [-0.3, -0.25) is 4.79 Å². The van der Waals surface area contributed by atoms with Crippen molar-refractivity contribution in [2.24, 2.45) is 0 Å². The summed E-state index contributed by atoms with van der Waals surface area (Å²) in [7, 11) is 3.57. The van der Waals surface area contributed by atoms with Gasteiger partial charge >= 0.3 is 0 Å². The second kappa shape index (κ2) is 8.24. The lowest BCUT2D eigenvalue weighted by Crippen LogP contribution is -2.43. The minimum absolute atomic E-state index is 0.0527. The SMILES string of the molecule is COc1cc2c(cc1C=C(C)C)-c1c(-c3cccs3)nc(C(=O)N(C)C(C)(C)C)n1CC2. The van der Waals surface area contributed by atoms with E-state index in [0.717, 1.165) is 39.6 Å². The topological polar surface area (TPSA) is 47.4 Å². The zero-order chi connectivity index (χ0) is 23.2. The van der Waals surface area contributed by atoms with Gasteiger partial charge in [-0.1, -0.05) is 17.7 Å². The average Bonchev–Trinajstić information content (AvgIpc) is 3.38. The Morgan fingerprint density at radius 2 is 2.03 bits per heavy atom. The Labute approximate surface area is 194 Å². The Morgan fingerprint density at radius 1 is 1.28 bits per heavy atom. The molecule has 3 heterocycles. The van der Waals surface area contributed by atoms with E-state index in [0.29, 0.717) is 12.4 Å². The van der Waals surface area contributed by atoms with Gasteiger partial charge in [-0.25, -0.2) is 4.98 Å². The molecule has 1 aliphatic rings. The molecule has 0 fully saturated rings. The van der Waals surface area contributed by atoms with Crippen LogP contribution in [0.2, 0.25) is 0 Å². The Bertz CT molecular complexity index is 1190. The molecule has 1 amide bonds. The molecule has 0 saturated heterocycles. The van der Waals surface area contributed by atoms with E-state index >= 15 is 0 Å². The predicted octanol–water partition coefficient (Wildman–Crippen LogP) is 6.14. The summed E-state index contributed by atoms with van der Waals surface area (Å²) in [4.78, 5) is 21.3. The number of aryl methyl sites for hydroxylation is 1. The van der Waals surface area contributed by atoms with Crippen LogP contribution in [0, 0.1) is 0 Å². The number of amides is 1. The van der Waals surface area contributed by atoms with Gasteiger partial charge < -0.3 is 14.2 Å². The third kappa shape index (κ3) is 3.88. The molecule has 0 aliphatic carbocycles. The van der Waals surface area contributed by atoms with Gasteiger partial charge in [0.15, 0.2) is 5.82 Å². The number of allylic oxidation sites excluding steroid dienone is 1. The second-order valence-electron chi connectivity index (χ2n) is 9.52. The smallest absolute Gasteiger partial charge is 0.290 e. The van der Waals surface area contributed by atoms with Crippen LogP contribution in [0.3, 0.4) is 0 Å². The molecule has 6 heteroatoms. The predicted molar refractivity (Wildman–Crippen MR) is 132 cm³/mol. The van der Waals surface area contributed by atoms with Crippen molar-refractivity contribution in [3.63, 3.8) is 0 Å². The third-order valence-corrected chi connectivity index (χ3v) is 6.86. The summed E-state index contributed by atoms with van der Waals surface area (Å²) in [5.41, 5.74) is 6.19. The normalized spacial score (nSPS) is 12.7. The van der Waals surface area contributed by atoms with Gasteiger partial charge in [-0.15, -0.1) is 11.3 Å². The van der Waals surface area contributed by atoms with E-state index < -0.39 is 0 Å². The van der Waals surface area contributed by atoms with Crippen LogP contribution < -0.4 is 4.74 Å². The maximum Gasteiger partial charge on any atom is 0.290 e. The van der Waals surface area contributed by atoms with Gasteiger partial charge in [0, 0.05) is 30.3 Å². The summed E-state index contributed by atoms with van der Waals surface area (Å²) in [6.45, 7) is 11.0. The van der Waals surface area contributed by atoms with Gasteiger partial charge in [-0.05, 0) is 70.2 Å². The largest absolute Gasteiger partial charge is 0.496 e. The zero-order valence-corrected chi connectivity index (χ0v) is 20.8. The first kappa shape index (κ1) is 22.3. The van der Waals surface area contributed by atoms with Crippen molar-refractivity contribution in [3.8, 4) is 27.6 Å². The van der Waals surface area contributed by atoms with Crippen LogP contribution in [-0.2, 0) is 13.0 Å². The fraction of sp³-hybridized carbons (Fsp3) is 0.385. The molecule has 0 radical (unpaired) electrons. The standard InChI is InChI=1S/C26H31N3O2S/c1-16(2)13-18-14-19-17(15-20(18)31-7)10-11-29-23(19)22(21-9-8-12-32-21)27-24(29)25(30)28(6)26(3,4)5/h8-9,12-15H,10-11H2,1-7H3. The molecule has 2 aromatic heterocycles. The van der Waals surface area contributed by atoms with Crippen LogP contribution >= 0.6 is 11.3 Å². The second-order valence-corrected chi connectivity index (χ2v) is 10.5. The van der Waals surface area contributed by atoms with Crippen molar-refractivity contribution < 1.29 is 9.53 Å². The third-order valence-electron chi connectivity index (χ3n) is 5.98. The summed E-state index contributed by atoms with van der Waals surface area (Å²) in [6, 6.07) is 8.43. The van der Waals surface area contributed by atoms with Crippen molar-refractivity contribution in [1.82, 2.24) is 14.5 Å². The molecule has 0 N–H and O–H groups in total. The number of carbonyl (C=O) groups is 1. The average molecular weight is 450 g/mol. The highest BCUT2D eigenvalue weighted by Crippen LogP contribution is 2.42. The lowest BCUT2D eigenvalue weighted by Gasteiger charge is -2.32. The number of ether oxygens (including phenoxy) is 1. The van der Waals surface area contributed by atoms with Crippen LogP contribution in [-0.4, -0.2) is 40.1 Å². The number of benzene rings is 1. The van der Waals surface area contributed by atoms with Crippen molar-refractivity contribution in [1.29, 1.82) is 0 Å². The van der Waals surface area contributed by atoms with Crippen molar-refractivity contribution in [2.75, 3.05) is 14.2 Å². The Kier molecular flexibility index (Phi) is 5.76. The first-order chi connectivity index (χ1) is 15.1. The number of carbonyl (C=O) groups excluding carboxylic acids is 1. The molecule has 4 rings (SSSR count). The number of methoxy groups -OCH3 is 1. The lowest BCUT2D eigenvalue weighted by molar-refractivity contribution is 0.0638. The number of nitrogens with zero attached hydrogens (tertiary/aromatic N) is 3. The van der Waals surface area contributed by atoms with Crippen molar-refractivity contribution in [2.45, 2.75) is 53.1 Å². The van der Waals surface area contributed by atoms with E-state index in [-0.39, 0.29) is 11.4 Å². The number of thiophene rings is 1. The van der Waals surface area contributed by atoms with E-state index in [1.54, 1.807) is 23.3 Å². The molecule has 0 saturated carbocycles. The molecule has 0 spiro atoms. The van der Waals surface area contributed by atoms with E-state index in [1.165, 1.54) is 11.1 Å². The van der Waals surface area contributed by atoms with Crippen LogP contribution in [0.5, 0.6) is 5.75 Å². The van der Waals surface area contributed by atoms with Gasteiger partial charge in [0.2, 0.25) is 0 Å². The first-order valence-corrected chi connectivity index (χ1v) is 11.8. The first-order valence-electron chi connectivity index (χ1n) is 10.9. The summed E-state index contributed by atoms with van der Waals surface area (Å²) in [6.07, 6.45) is 2.96. The summed E-state index contributed by atoms with van der Waals surface area (Å²) >= 11 is 1.65. The molecule has 168 valence electrons. The van der Waals surface area contributed by atoms with Gasteiger partial charge in [-0.2, -0.15) is 0 Å². The molecule has 0 atom stereocenters. The number of imidazole rings is 1. The Balaban J connectivity index is 1.97. The summed E-state index contributed by atoms with van der Waals surface area (Å²) < 4.78 is 7.80. The highest BCUT2D eigenvalue weighted by molar-refractivity contribution is 7.13.